The van der Waals surface area contributed by atoms with Gasteiger partial charge in [0, 0.05) is 23.9 Å². The lowest BCUT2D eigenvalue weighted by Gasteiger charge is -2.34. The molecule has 1 saturated heterocycles. The molecule has 2 N–H and O–H groups in total. The van der Waals surface area contributed by atoms with Crippen molar-refractivity contribution in [2.24, 2.45) is 0 Å². The molecule has 7 nitrogen and oxygen atoms in total. The van der Waals surface area contributed by atoms with Crippen molar-refractivity contribution >= 4 is 11.7 Å². The minimum atomic E-state index is -0.181. The lowest BCUT2D eigenvalue weighted by Crippen LogP contribution is -2.45. The number of nitrogens with one attached hydrogen (secondary N) is 2. The van der Waals surface area contributed by atoms with Gasteiger partial charge in [0.1, 0.15) is 5.76 Å². The monoisotopic (exact) mass is 303 g/mol. The molecule has 0 radical (unpaired) electrons. The zero-order chi connectivity index (χ0) is 15.5. The summed E-state index contributed by atoms with van der Waals surface area (Å²) in [5.41, 5.74) is 1.19. The van der Waals surface area contributed by atoms with Gasteiger partial charge in [0.2, 0.25) is 5.91 Å². The minimum absolute atomic E-state index is 0.0479. The van der Waals surface area contributed by atoms with Crippen LogP contribution in [0.3, 0.4) is 0 Å². The first-order valence-electron chi connectivity index (χ1n) is 7.61. The molecule has 0 aromatic carbocycles. The van der Waals surface area contributed by atoms with Gasteiger partial charge < -0.3 is 9.84 Å². The first kappa shape index (κ1) is 14.8. The molecule has 0 saturated carbocycles. The number of carbonyl (C=O) groups excluding carboxylic acids is 1. The van der Waals surface area contributed by atoms with Gasteiger partial charge in [-0.05, 0) is 45.8 Å². The zero-order valence-electron chi connectivity index (χ0n) is 12.9. The Labute approximate surface area is 129 Å². The number of nitrogens with zero attached hydrogens (tertiary/aromatic N) is 3. The molecule has 3 rings (SSSR count). The second kappa shape index (κ2) is 6.31. The molecule has 1 aliphatic rings. The van der Waals surface area contributed by atoms with Crippen LogP contribution in [0, 0.1) is 6.92 Å². The third kappa shape index (κ3) is 3.19. The molecule has 2 aromatic rings. The average Bonchev–Trinajstić information content (AvgIpc) is 3.18. The Morgan fingerprint density at radius 1 is 1.50 bits per heavy atom. The maximum absolute atomic E-state index is 12.3. The number of piperidine rings is 1. The van der Waals surface area contributed by atoms with E-state index in [1.54, 1.807) is 19.2 Å². The molecule has 0 spiro atoms. The predicted octanol–water partition coefficient (Wildman–Crippen LogP) is 1.91. The maximum Gasteiger partial charge on any atom is 0.242 e. The number of carbonyl (C=O) groups is 1. The van der Waals surface area contributed by atoms with Gasteiger partial charge >= 0.3 is 0 Å². The van der Waals surface area contributed by atoms with E-state index in [1.807, 2.05) is 13.0 Å². The fourth-order valence-corrected chi connectivity index (χ4v) is 2.91. The van der Waals surface area contributed by atoms with Crippen molar-refractivity contribution in [2.45, 2.75) is 38.6 Å². The van der Waals surface area contributed by atoms with Gasteiger partial charge in [-0.2, -0.15) is 5.10 Å². The number of likely N-dealkylation sites (tertiary alicyclic amines) is 1. The number of aromatic nitrogens is 3. The van der Waals surface area contributed by atoms with Crippen molar-refractivity contribution in [3.63, 3.8) is 0 Å². The highest BCUT2D eigenvalue weighted by Gasteiger charge is 2.28. The van der Waals surface area contributed by atoms with Crippen LogP contribution in [0.1, 0.15) is 37.1 Å². The summed E-state index contributed by atoms with van der Waals surface area (Å²) in [6, 6.07) is 3.57. The van der Waals surface area contributed by atoms with Crippen molar-refractivity contribution in [1.29, 1.82) is 0 Å². The Bertz CT molecular complexity index is 614. The topological polar surface area (TPSA) is 87.0 Å². The summed E-state index contributed by atoms with van der Waals surface area (Å²) in [5.74, 6) is 1.62. The van der Waals surface area contributed by atoms with Crippen LogP contribution in [0.2, 0.25) is 0 Å². The largest absolute Gasteiger partial charge is 0.360 e. The molecule has 118 valence electrons. The lowest BCUT2D eigenvalue weighted by molar-refractivity contribution is -0.121. The van der Waals surface area contributed by atoms with E-state index in [0.29, 0.717) is 17.5 Å². The Balaban J connectivity index is 1.53. The molecule has 1 amide bonds. The van der Waals surface area contributed by atoms with E-state index in [1.165, 1.54) is 5.69 Å². The molecule has 7 heteroatoms. The highest BCUT2D eigenvalue weighted by Crippen LogP contribution is 2.27. The fraction of sp³-hybridized carbons (Fsp3) is 0.533. The van der Waals surface area contributed by atoms with E-state index in [-0.39, 0.29) is 11.9 Å². The standard InChI is InChI=1S/C15H21N5O2/c1-10-9-14(19-22-10)17-15(21)11(2)20-7-4-12(5-8-20)13-3-6-16-18-13/h3,6,9,11-12H,4-5,7-8H2,1-2H3,(H,16,18)(H,17,19,21)/t11-/m0/s1. The molecule has 0 bridgehead atoms. The van der Waals surface area contributed by atoms with E-state index in [4.69, 9.17) is 4.52 Å². The molecular formula is C15H21N5O2. The normalized spacial score (nSPS) is 18.3. The summed E-state index contributed by atoms with van der Waals surface area (Å²) in [6.45, 7) is 5.53. The number of anilines is 1. The van der Waals surface area contributed by atoms with Crippen molar-refractivity contribution in [1.82, 2.24) is 20.3 Å². The number of aromatic amines is 1. The maximum atomic E-state index is 12.3. The van der Waals surface area contributed by atoms with Crippen molar-refractivity contribution in [3.8, 4) is 0 Å². The molecule has 0 unspecified atom stereocenters. The molecule has 3 heterocycles. The molecule has 1 aliphatic heterocycles. The highest BCUT2D eigenvalue weighted by molar-refractivity contribution is 5.93. The predicted molar refractivity (Wildman–Crippen MR) is 81.5 cm³/mol. The quantitative estimate of drug-likeness (QED) is 0.901. The highest BCUT2D eigenvalue weighted by atomic mass is 16.5. The van der Waals surface area contributed by atoms with Crippen LogP contribution in [-0.4, -0.2) is 45.3 Å². The average molecular weight is 303 g/mol. The number of amides is 1. The molecule has 2 aromatic heterocycles. The number of aryl methyl sites for hydroxylation is 1. The van der Waals surface area contributed by atoms with Crippen LogP contribution in [-0.2, 0) is 4.79 Å². The Kier molecular flexibility index (Phi) is 4.24. The van der Waals surface area contributed by atoms with Crippen LogP contribution in [0.25, 0.3) is 0 Å². The van der Waals surface area contributed by atoms with Gasteiger partial charge in [0.15, 0.2) is 5.82 Å². The lowest BCUT2D eigenvalue weighted by atomic mass is 9.93. The van der Waals surface area contributed by atoms with E-state index in [9.17, 15) is 4.79 Å². The van der Waals surface area contributed by atoms with Crippen LogP contribution in [0.5, 0.6) is 0 Å². The molecule has 1 atom stereocenters. The van der Waals surface area contributed by atoms with Gasteiger partial charge in [0.05, 0.1) is 6.04 Å². The Morgan fingerprint density at radius 3 is 2.86 bits per heavy atom. The number of hydrogen-bond acceptors (Lipinski definition) is 5. The first-order chi connectivity index (χ1) is 10.6. The van der Waals surface area contributed by atoms with Crippen LogP contribution >= 0.6 is 0 Å². The van der Waals surface area contributed by atoms with Gasteiger partial charge in [-0.3, -0.25) is 14.8 Å². The van der Waals surface area contributed by atoms with E-state index < -0.39 is 0 Å². The third-order valence-corrected chi connectivity index (χ3v) is 4.30. The summed E-state index contributed by atoms with van der Waals surface area (Å²) in [7, 11) is 0. The number of rotatable bonds is 4. The molecule has 22 heavy (non-hydrogen) atoms. The van der Waals surface area contributed by atoms with Crippen LogP contribution in [0.4, 0.5) is 5.82 Å². The first-order valence-corrected chi connectivity index (χ1v) is 7.61. The zero-order valence-corrected chi connectivity index (χ0v) is 12.9. The molecule has 0 aliphatic carbocycles. The third-order valence-electron chi connectivity index (χ3n) is 4.30. The molecule has 1 fully saturated rings. The summed E-state index contributed by atoms with van der Waals surface area (Å²) < 4.78 is 4.96. The SMILES string of the molecule is Cc1cc(NC(=O)[C@H](C)N2CCC(c3ccn[nH]3)CC2)no1. The van der Waals surface area contributed by atoms with Gasteiger partial charge in [0.25, 0.3) is 0 Å². The van der Waals surface area contributed by atoms with Gasteiger partial charge in [-0.15, -0.1) is 0 Å². The number of H-pyrrole nitrogens is 1. The van der Waals surface area contributed by atoms with E-state index in [2.05, 4.69) is 25.6 Å². The minimum Gasteiger partial charge on any atom is -0.360 e. The van der Waals surface area contributed by atoms with Crippen LogP contribution < -0.4 is 5.32 Å². The number of hydrogen-bond donors (Lipinski definition) is 2. The fourth-order valence-electron chi connectivity index (χ4n) is 2.91. The summed E-state index contributed by atoms with van der Waals surface area (Å²) in [4.78, 5) is 14.5. The Hall–Kier alpha value is -2.15. The summed E-state index contributed by atoms with van der Waals surface area (Å²) in [6.07, 6.45) is 3.85. The van der Waals surface area contributed by atoms with Crippen molar-refractivity contribution in [2.75, 3.05) is 18.4 Å². The second-order valence-corrected chi connectivity index (χ2v) is 5.81. The van der Waals surface area contributed by atoms with Crippen LogP contribution in [0.15, 0.2) is 22.9 Å². The van der Waals surface area contributed by atoms with Crippen molar-refractivity contribution < 1.29 is 9.32 Å². The van der Waals surface area contributed by atoms with E-state index >= 15 is 0 Å². The van der Waals surface area contributed by atoms with E-state index in [0.717, 1.165) is 25.9 Å². The van der Waals surface area contributed by atoms with Gasteiger partial charge in [-0.1, -0.05) is 5.16 Å². The van der Waals surface area contributed by atoms with Gasteiger partial charge in [-0.25, -0.2) is 0 Å². The smallest absolute Gasteiger partial charge is 0.242 e. The summed E-state index contributed by atoms with van der Waals surface area (Å²) >= 11 is 0. The summed E-state index contributed by atoms with van der Waals surface area (Å²) in [5, 5.41) is 13.6. The second-order valence-electron chi connectivity index (χ2n) is 5.81. The van der Waals surface area contributed by atoms with Crippen molar-refractivity contribution in [3.05, 3.63) is 29.8 Å². The Morgan fingerprint density at radius 2 is 2.27 bits per heavy atom. The molecular weight excluding hydrogens is 282 g/mol.